The molecule has 2 N–H and O–H groups in total. The lowest BCUT2D eigenvalue weighted by molar-refractivity contribution is -0.108. The van der Waals surface area contributed by atoms with Crippen LogP contribution in [0.1, 0.15) is 43.5 Å². The molecule has 1 heterocycles. The van der Waals surface area contributed by atoms with E-state index in [0.29, 0.717) is 6.42 Å². The van der Waals surface area contributed by atoms with Crippen molar-refractivity contribution in [1.82, 2.24) is 5.32 Å². The fourth-order valence-electron chi connectivity index (χ4n) is 4.81. The Morgan fingerprint density at radius 2 is 1.20 bits per heavy atom. The van der Waals surface area contributed by atoms with Crippen LogP contribution in [-0.2, 0) is 0 Å². The van der Waals surface area contributed by atoms with Gasteiger partial charge in [0.15, 0.2) is 0 Å². The molecule has 4 nitrogen and oxygen atoms in total. The third-order valence-corrected chi connectivity index (χ3v) is 6.94. The van der Waals surface area contributed by atoms with Crippen molar-refractivity contribution in [3.63, 3.8) is 0 Å². The van der Waals surface area contributed by atoms with Crippen molar-refractivity contribution >= 4 is 11.4 Å². The lowest BCUT2D eigenvalue weighted by Gasteiger charge is -2.52. The van der Waals surface area contributed by atoms with Crippen LogP contribution in [-0.4, -0.2) is 38.9 Å². The second kappa shape index (κ2) is 8.83. The fourth-order valence-corrected chi connectivity index (χ4v) is 4.81. The summed E-state index contributed by atoms with van der Waals surface area (Å²) < 4.78 is 0. The van der Waals surface area contributed by atoms with Crippen LogP contribution in [0.25, 0.3) is 0 Å². The molecule has 0 bridgehead atoms. The minimum Gasteiger partial charge on any atom is -0.389 e. The Balaban J connectivity index is 1.99. The quantitative estimate of drug-likeness (QED) is 0.676. The van der Waals surface area contributed by atoms with Gasteiger partial charge in [-0.1, -0.05) is 44.2 Å². The Labute approximate surface area is 182 Å². The number of rotatable bonds is 6. The summed E-state index contributed by atoms with van der Waals surface area (Å²) in [6.45, 7) is 8.25. The minimum absolute atomic E-state index is 0.0491. The van der Waals surface area contributed by atoms with E-state index in [1.165, 1.54) is 22.5 Å². The van der Waals surface area contributed by atoms with Gasteiger partial charge in [0.2, 0.25) is 0 Å². The van der Waals surface area contributed by atoms with Gasteiger partial charge in [-0.15, -0.1) is 6.58 Å². The summed E-state index contributed by atoms with van der Waals surface area (Å²) in [7, 11) is 8.20. The Morgan fingerprint density at radius 1 is 0.833 bits per heavy atom. The van der Waals surface area contributed by atoms with E-state index in [1.54, 1.807) is 0 Å². The number of nitrogens with zero attached hydrogens (tertiary/aromatic N) is 2. The summed E-state index contributed by atoms with van der Waals surface area (Å²) in [4.78, 5) is 4.21. The molecule has 0 saturated carbocycles. The molecule has 0 spiro atoms. The maximum atomic E-state index is 11.8. The van der Waals surface area contributed by atoms with E-state index in [1.807, 2.05) is 6.08 Å². The van der Waals surface area contributed by atoms with E-state index in [-0.39, 0.29) is 23.9 Å². The molecule has 1 fully saturated rings. The predicted molar refractivity (Wildman–Crippen MR) is 128 cm³/mol. The van der Waals surface area contributed by atoms with Gasteiger partial charge in [0.05, 0.1) is 5.60 Å². The van der Waals surface area contributed by atoms with Crippen LogP contribution in [0.2, 0.25) is 0 Å². The van der Waals surface area contributed by atoms with Crippen LogP contribution in [0.3, 0.4) is 0 Å². The molecule has 3 rings (SSSR count). The molecular weight excluding hydrogens is 370 g/mol. The first-order chi connectivity index (χ1) is 14.2. The number of hydrogen-bond donors (Lipinski definition) is 2. The first-order valence-electron chi connectivity index (χ1n) is 10.8. The number of hydrogen-bond acceptors (Lipinski definition) is 4. The summed E-state index contributed by atoms with van der Waals surface area (Å²) in [6, 6.07) is 17.4. The van der Waals surface area contributed by atoms with Gasteiger partial charge in [-0.3, -0.25) is 0 Å². The number of aliphatic hydroxyl groups is 1. The standard InChI is InChI=1S/C26H37N3O/c1-8-17-26(30)18(2)24(20-9-13-22(14-10-20)28(4)5)27-25(19(26)3)21-11-15-23(16-12-21)29(6)7/h8-16,18-19,24-25,27,30H,1,17H2,2-7H3/t18-,19-,24-,25-/m0/s1. The Kier molecular flexibility index (Phi) is 6.59. The molecule has 0 aromatic heterocycles. The maximum Gasteiger partial charge on any atom is 0.0768 e. The predicted octanol–water partition coefficient (Wildman–Crippen LogP) is 4.78. The van der Waals surface area contributed by atoms with Gasteiger partial charge < -0.3 is 20.2 Å². The molecule has 4 heteroatoms. The summed E-state index contributed by atoms with van der Waals surface area (Å²) >= 11 is 0. The molecule has 2 aromatic carbocycles. The van der Waals surface area contributed by atoms with E-state index < -0.39 is 5.60 Å². The van der Waals surface area contributed by atoms with E-state index >= 15 is 0 Å². The van der Waals surface area contributed by atoms with Crippen molar-refractivity contribution in [3.05, 3.63) is 72.3 Å². The average molecular weight is 408 g/mol. The molecule has 0 aliphatic carbocycles. The summed E-state index contributed by atoms with van der Waals surface area (Å²) in [5.41, 5.74) is 3.93. The molecule has 4 atom stereocenters. The van der Waals surface area contributed by atoms with Crippen LogP contribution in [0.15, 0.2) is 61.2 Å². The van der Waals surface area contributed by atoms with Gasteiger partial charge in [-0.05, 0) is 41.8 Å². The van der Waals surface area contributed by atoms with Crippen molar-refractivity contribution in [2.75, 3.05) is 38.0 Å². The van der Waals surface area contributed by atoms with Gasteiger partial charge in [0, 0.05) is 63.5 Å². The highest BCUT2D eigenvalue weighted by atomic mass is 16.3. The second-order valence-corrected chi connectivity index (χ2v) is 9.16. The van der Waals surface area contributed by atoms with E-state index in [0.717, 1.165) is 0 Å². The fraction of sp³-hybridized carbons (Fsp3) is 0.462. The molecule has 30 heavy (non-hydrogen) atoms. The largest absolute Gasteiger partial charge is 0.389 e. The molecule has 162 valence electrons. The summed E-state index contributed by atoms with van der Waals surface area (Å²) in [5, 5.41) is 15.7. The van der Waals surface area contributed by atoms with Crippen LogP contribution in [0.4, 0.5) is 11.4 Å². The van der Waals surface area contributed by atoms with Crippen LogP contribution < -0.4 is 15.1 Å². The molecule has 0 unspecified atom stereocenters. The highest BCUT2D eigenvalue weighted by Gasteiger charge is 2.50. The molecule has 1 aliphatic rings. The second-order valence-electron chi connectivity index (χ2n) is 9.16. The molecule has 2 aromatic rings. The van der Waals surface area contributed by atoms with Gasteiger partial charge >= 0.3 is 0 Å². The average Bonchev–Trinajstić information content (AvgIpc) is 2.73. The summed E-state index contributed by atoms with van der Waals surface area (Å²) in [5.74, 6) is 0.0982. The Bertz CT molecular complexity index is 778. The van der Waals surface area contributed by atoms with Crippen LogP contribution in [0.5, 0.6) is 0 Å². The van der Waals surface area contributed by atoms with Gasteiger partial charge in [-0.25, -0.2) is 0 Å². The smallest absolute Gasteiger partial charge is 0.0768 e. The zero-order valence-electron chi connectivity index (χ0n) is 19.3. The van der Waals surface area contributed by atoms with Crippen LogP contribution >= 0.6 is 0 Å². The third-order valence-electron chi connectivity index (χ3n) is 6.94. The molecule has 1 aliphatic heterocycles. The lowest BCUT2D eigenvalue weighted by atomic mass is 9.64. The van der Waals surface area contributed by atoms with Crippen molar-refractivity contribution in [2.45, 2.75) is 38.0 Å². The molecule has 0 amide bonds. The highest BCUT2D eigenvalue weighted by molar-refractivity contribution is 5.48. The first-order valence-corrected chi connectivity index (χ1v) is 10.8. The van der Waals surface area contributed by atoms with Crippen molar-refractivity contribution < 1.29 is 5.11 Å². The summed E-state index contributed by atoms with van der Waals surface area (Å²) in [6.07, 6.45) is 2.44. The molecule has 1 saturated heterocycles. The van der Waals surface area contributed by atoms with Crippen molar-refractivity contribution in [3.8, 4) is 0 Å². The molecular formula is C26H37N3O. The van der Waals surface area contributed by atoms with E-state index in [4.69, 9.17) is 0 Å². The van der Waals surface area contributed by atoms with Crippen molar-refractivity contribution in [1.29, 1.82) is 0 Å². The van der Waals surface area contributed by atoms with Crippen LogP contribution in [0, 0.1) is 11.8 Å². The SMILES string of the molecule is C=CCC1(O)[C@@H](C)[C@@H](c2ccc(N(C)C)cc2)N[C@H](c2ccc(N(C)C)cc2)[C@@H]1C. The number of benzene rings is 2. The topological polar surface area (TPSA) is 38.7 Å². The zero-order chi connectivity index (χ0) is 22.1. The highest BCUT2D eigenvalue weighted by Crippen LogP contribution is 2.48. The normalized spacial score (nSPS) is 28.8. The van der Waals surface area contributed by atoms with Gasteiger partial charge in [0.25, 0.3) is 0 Å². The Hall–Kier alpha value is -2.30. The number of piperidine rings is 1. The molecule has 0 radical (unpaired) electrons. The Morgan fingerprint density at radius 3 is 1.50 bits per heavy atom. The van der Waals surface area contributed by atoms with Crippen molar-refractivity contribution in [2.24, 2.45) is 11.8 Å². The zero-order valence-corrected chi connectivity index (χ0v) is 19.3. The lowest BCUT2D eigenvalue weighted by Crippen LogP contribution is -2.57. The monoisotopic (exact) mass is 407 g/mol. The van der Waals surface area contributed by atoms with E-state index in [9.17, 15) is 5.11 Å². The van der Waals surface area contributed by atoms with Gasteiger partial charge in [-0.2, -0.15) is 0 Å². The first kappa shape index (κ1) is 22.4. The maximum absolute atomic E-state index is 11.8. The number of anilines is 2. The van der Waals surface area contributed by atoms with E-state index in [2.05, 4.69) is 112 Å². The third kappa shape index (κ3) is 4.12. The number of nitrogens with one attached hydrogen (secondary N) is 1. The van der Waals surface area contributed by atoms with Gasteiger partial charge in [0.1, 0.15) is 0 Å². The minimum atomic E-state index is -0.831.